The molecule has 3 aromatic heterocycles. The smallest absolute Gasteiger partial charge is 0.164 e. The van der Waals surface area contributed by atoms with Crippen molar-refractivity contribution in [1.82, 2.24) is 19.9 Å². The largest absolute Gasteiger partial charge is 0.456 e. The van der Waals surface area contributed by atoms with Gasteiger partial charge in [0.1, 0.15) is 11.2 Å². The van der Waals surface area contributed by atoms with Crippen LogP contribution in [-0.4, -0.2) is 19.9 Å². The molecule has 5 nitrogen and oxygen atoms in total. The number of furan rings is 1. The zero-order valence-corrected chi connectivity index (χ0v) is 28.6. The van der Waals surface area contributed by atoms with Crippen LogP contribution in [0, 0.1) is 5.92 Å². The second-order valence-electron chi connectivity index (χ2n) is 13.9. The van der Waals surface area contributed by atoms with E-state index in [1.807, 2.05) is 18.5 Å². The standard InChI is InChI=1S/C48H30N4O/c1-3-9-31-23-35(15-13-29(31)7-1)46-50-47(36-16-14-30-8-2-4-10-32(30)24-36)52-48(51-46)38-25-33-11-5-6-12-39(33)41(27-38)34-17-19-43-42(26-34)45-40-21-22-49-28-37(40)18-20-44(45)53-43/h1-13,15-28,30H,14H2. The van der Waals surface area contributed by atoms with E-state index in [0.29, 0.717) is 23.4 Å². The first-order chi connectivity index (χ1) is 26.2. The van der Waals surface area contributed by atoms with Gasteiger partial charge in [-0.2, -0.15) is 0 Å². The molecule has 0 saturated heterocycles. The molecule has 9 aromatic rings. The van der Waals surface area contributed by atoms with E-state index < -0.39 is 0 Å². The molecule has 0 N–H and O–H groups in total. The Labute approximate surface area is 305 Å². The fourth-order valence-corrected chi connectivity index (χ4v) is 8.00. The third kappa shape index (κ3) is 5.01. The highest BCUT2D eigenvalue weighted by molar-refractivity contribution is 6.19. The summed E-state index contributed by atoms with van der Waals surface area (Å²) in [5.74, 6) is 2.35. The van der Waals surface area contributed by atoms with Gasteiger partial charge in [0.05, 0.1) is 0 Å². The SMILES string of the molecule is C1=CC2=CC(c3nc(-c4ccc5ccccc5c4)nc(-c4cc(-c5ccc6oc7ccc8cnccc8c7c6c5)c5ccccc5c4)n3)=CCC2C=C1. The molecule has 5 heteroatoms. The van der Waals surface area contributed by atoms with Gasteiger partial charge in [0.2, 0.25) is 0 Å². The normalized spacial score (nSPS) is 15.4. The van der Waals surface area contributed by atoms with Gasteiger partial charge in [-0.1, -0.05) is 97.1 Å². The zero-order valence-electron chi connectivity index (χ0n) is 28.6. The summed E-state index contributed by atoms with van der Waals surface area (Å²) >= 11 is 0. The summed E-state index contributed by atoms with van der Waals surface area (Å²) in [7, 11) is 0. The van der Waals surface area contributed by atoms with E-state index in [2.05, 4.69) is 151 Å². The van der Waals surface area contributed by atoms with Gasteiger partial charge >= 0.3 is 0 Å². The molecule has 0 radical (unpaired) electrons. The van der Waals surface area contributed by atoms with Crippen molar-refractivity contribution in [3.63, 3.8) is 0 Å². The average molecular weight is 679 g/mol. The molecule has 6 aromatic carbocycles. The molecule has 1 unspecified atom stereocenters. The minimum atomic E-state index is 0.382. The summed E-state index contributed by atoms with van der Waals surface area (Å²) in [5.41, 5.74) is 8.10. The van der Waals surface area contributed by atoms with Crippen LogP contribution in [0.3, 0.4) is 0 Å². The number of fused-ring (bicyclic) bond motifs is 8. The second-order valence-corrected chi connectivity index (χ2v) is 13.9. The van der Waals surface area contributed by atoms with E-state index in [9.17, 15) is 0 Å². The van der Waals surface area contributed by atoms with Crippen LogP contribution >= 0.6 is 0 Å². The Kier molecular flexibility index (Phi) is 6.61. The van der Waals surface area contributed by atoms with Gasteiger partial charge in [0.15, 0.2) is 17.5 Å². The second kappa shape index (κ2) is 11.8. The van der Waals surface area contributed by atoms with Gasteiger partial charge in [0, 0.05) is 51.2 Å². The van der Waals surface area contributed by atoms with Crippen LogP contribution in [0.1, 0.15) is 12.2 Å². The summed E-state index contributed by atoms with van der Waals surface area (Å²) < 4.78 is 6.35. The van der Waals surface area contributed by atoms with Crippen LogP contribution in [0.15, 0.2) is 174 Å². The summed E-state index contributed by atoms with van der Waals surface area (Å²) in [6.07, 6.45) is 17.8. The van der Waals surface area contributed by atoms with Gasteiger partial charge in [0.25, 0.3) is 0 Å². The fourth-order valence-electron chi connectivity index (χ4n) is 8.00. The first kappa shape index (κ1) is 29.7. The van der Waals surface area contributed by atoms with E-state index in [4.69, 9.17) is 19.4 Å². The molecular formula is C48H30N4O. The maximum atomic E-state index is 6.35. The van der Waals surface area contributed by atoms with Crippen molar-refractivity contribution in [2.75, 3.05) is 0 Å². The Balaban J connectivity index is 1.12. The number of rotatable bonds is 4. The van der Waals surface area contributed by atoms with Crippen LogP contribution in [0.2, 0.25) is 0 Å². The van der Waals surface area contributed by atoms with Crippen molar-refractivity contribution in [2.24, 2.45) is 5.92 Å². The van der Waals surface area contributed by atoms with E-state index in [-0.39, 0.29) is 0 Å². The minimum Gasteiger partial charge on any atom is -0.456 e. The van der Waals surface area contributed by atoms with Gasteiger partial charge in [-0.3, -0.25) is 4.98 Å². The first-order valence-corrected chi connectivity index (χ1v) is 18.0. The van der Waals surface area contributed by atoms with Crippen molar-refractivity contribution in [3.05, 3.63) is 176 Å². The summed E-state index contributed by atoms with van der Waals surface area (Å²) in [4.78, 5) is 19.9. The van der Waals surface area contributed by atoms with Crippen molar-refractivity contribution in [3.8, 4) is 33.9 Å². The molecule has 0 bridgehead atoms. The third-order valence-corrected chi connectivity index (χ3v) is 10.7. The van der Waals surface area contributed by atoms with Crippen molar-refractivity contribution >= 4 is 59.8 Å². The van der Waals surface area contributed by atoms with E-state index in [1.54, 1.807) is 0 Å². The fraction of sp³-hybridized carbons (Fsp3) is 0.0417. The molecule has 0 saturated carbocycles. The highest BCUT2D eigenvalue weighted by atomic mass is 16.3. The van der Waals surface area contributed by atoms with Crippen molar-refractivity contribution < 1.29 is 4.42 Å². The Morgan fingerprint density at radius 2 is 1.34 bits per heavy atom. The highest BCUT2D eigenvalue weighted by Gasteiger charge is 2.21. The van der Waals surface area contributed by atoms with Gasteiger partial charge < -0.3 is 4.42 Å². The predicted octanol–water partition coefficient (Wildman–Crippen LogP) is 12.1. The molecule has 0 aliphatic heterocycles. The van der Waals surface area contributed by atoms with Gasteiger partial charge in [-0.15, -0.1) is 0 Å². The van der Waals surface area contributed by atoms with Crippen molar-refractivity contribution in [2.45, 2.75) is 6.42 Å². The molecule has 0 fully saturated rings. The lowest BCUT2D eigenvalue weighted by molar-refractivity contribution is 0.669. The predicted molar refractivity (Wildman–Crippen MR) is 216 cm³/mol. The number of hydrogen-bond acceptors (Lipinski definition) is 5. The number of hydrogen-bond donors (Lipinski definition) is 0. The Morgan fingerprint density at radius 3 is 2.28 bits per heavy atom. The molecule has 11 rings (SSSR count). The van der Waals surface area contributed by atoms with Crippen LogP contribution in [0.5, 0.6) is 0 Å². The summed E-state index contributed by atoms with van der Waals surface area (Å²) in [6.45, 7) is 0. The Bertz CT molecular complexity index is 3110. The monoisotopic (exact) mass is 678 g/mol. The maximum absolute atomic E-state index is 6.35. The van der Waals surface area contributed by atoms with Gasteiger partial charge in [-0.05, 0) is 105 Å². The van der Waals surface area contributed by atoms with Crippen molar-refractivity contribution in [1.29, 1.82) is 0 Å². The number of pyridine rings is 1. The molecular weight excluding hydrogens is 649 g/mol. The van der Waals surface area contributed by atoms with Crippen LogP contribution in [0.4, 0.5) is 0 Å². The number of benzene rings is 6. The summed E-state index contributed by atoms with van der Waals surface area (Å²) in [5, 5.41) is 8.99. The first-order valence-electron chi connectivity index (χ1n) is 18.0. The lowest BCUT2D eigenvalue weighted by Gasteiger charge is -2.21. The van der Waals surface area contributed by atoms with E-state index >= 15 is 0 Å². The van der Waals surface area contributed by atoms with Crippen LogP contribution in [0.25, 0.3) is 93.7 Å². The molecule has 0 amide bonds. The number of nitrogens with zero attached hydrogens (tertiary/aromatic N) is 4. The molecule has 1 atom stereocenters. The van der Waals surface area contributed by atoms with Gasteiger partial charge in [-0.25, -0.2) is 15.0 Å². The van der Waals surface area contributed by atoms with Crippen LogP contribution < -0.4 is 0 Å². The molecule has 0 spiro atoms. The highest BCUT2D eigenvalue weighted by Crippen LogP contribution is 2.40. The number of aromatic nitrogens is 4. The van der Waals surface area contributed by atoms with E-state index in [1.165, 1.54) is 11.0 Å². The lowest BCUT2D eigenvalue weighted by atomic mass is 9.85. The Hall–Kier alpha value is -6.98. The minimum absolute atomic E-state index is 0.382. The van der Waals surface area contributed by atoms with E-state index in [0.717, 1.165) is 83.1 Å². The average Bonchev–Trinajstić information content (AvgIpc) is 3.61. The molecule has 2 aliphatic rings. The molecule has 248 valence electrons. The number of allylic oxidation sites excluding steroid dienone is 8. The van der Waals surface area contributed by atoms with Crippen LogP contribution in [-0.2, 0) is 0 Å². The molecule has 53 heavy (non-hydrogen) atoms. The summed E-state index contributed by atoms with van der Waals surface area (Å²) in [6, 6.07) is 40.5. The zero-order chi connectivity index (χ0) is 34.9. The Morgan fingerprint density at radius 1 is 0.566 bits per heavy atom. The lowest BCUT2D eigenvalue weighted by Crippen LogP contribution is -2.08. The topological polar surface area (TPSA) is 64.7 Å². The molecule has 3 heterocycles. The third-order valence-electron chi connectivity index (χ3n) is 10.7. The maximum Gasteiger partial charge on any atom is 0.164 e. The molecule has 2 aliphatic carbocycles. The quantitative estimate of drug-likeness (QED) is 0.185.